The molecule has 0 aliphatic heterocycles. The zero-order valence-corrected chi connectivity index (χ0v) is 24.8. The van der Waals surface area contributed by atoms with Crippen molar-refractivity contribution in [1.29, 1.82) is 0 Å². The highest BCUT2D eigenvalue weighted by atomic mass is 35.5. The summed E-state index contributed by atoms with van der Waals surface area (Å²) in [4.78, 5) is 2.41. The highest BCUT2D eigenvalue weighted by Crippen LogP contribution is 2.40. The lowest BCUT2D eigenvalue weighted by molar-refractivity contribution is 0.245. The van der Waals surface area contributed by atoms with Gasteiger partial charge in [-0.15, -0.1) is 24.8 Å². The quantitative estimate of drug-likeness (QED) is 0.313. The summed E-state index contributed by atoms with van der Waals surface area (Å²) in [5, 5.41) is 3.45. The van der Waals surface area contributed by atoms with E-state index >= 15 is 0 Å². The molecule has 0 saturated heterocycles. The van der Waals surface area contributed by atoms with Crippen LogP contribution >= 0.6 is 24.8 Å². The Balaban J connectivity index is 0.00000612. The van der Waals surface area contributed by atoms with E-state index in [0.29, 0.717) is 5.92 Å². The van der Waals surface area contributed by atoms with Crippen molar-refractivity contribution in [3.8, 4) is 23.0 Å². The molecule has 0 aliphatic rings. The molecule has 2 rings (SSSR count). The zero-order valence-electron chi connectivity index (χ0n) is 23.2. The first-order chi connectivity index (χ1) is 16.3. The van der Waals surface area contributed by atoms with E-state index in [-0.39, 0.29) is 30.2 Å². The summed E-state index contributed by atoms with van der Waals surface area (Å²) in [6, 6.07) is 12.5. The van der Waals surface area contributed by atoms with Crippen molar-refractivity contribution in [2.24, 2.45) is 5.92 Å². The number of hydrogen-bond acceptors (Lipinski definition) is 6. The number of rotatable bonds is 15. The minimum Gasteiger partial charge on any atom is -0.493 e. The van der Waals surface area contributed by atoms with Crippen LogP contribution in [0.25, 0.3) is 0 Å². The van der Waals surface area contributed by atoms with Gasteiger partial charge in [-0.3, -0.25) is 0 Å². The minimum atomic E-state index is 0. The second-order valence-corrected chi connectivity index (χ2v) is 9.26. The summed E-state index contributed by atoms with van der Waals surface area (Å²) in [7, 11) is 11.0. The number of nitrogens with zero attached hydrogens (tertiary/aromatic N) is 1. The number of benzene rings is 2. The molecule has 2 aromatic rings. The van der Waals surface area contributed by atoms with Crippen LogP contribution in [0.4, 0.5) is 0 Å². The molecule has 8 heteroatoms. The standard InChI is InChI=1S/C28H44N2O4.2ClH/c1-21(2)28(20-29-3,23-11-13-25(32-6)27(19-23)34-8)15-9-16-30(4)17-14-22-10-12-24(31-5)26(18-22)33-7;;/h10-13,18-19,21,29H,9,14-17,20H2,1-8H3;2*1H. The van der Waals surface area contributed by atoms with Crippen LogP contribution in [0.5, 0.6) is 23.0 Å². The van der Waals surface area contributed by atoms with Gasteiger partial charge >= 0.3 is 0 Å². The van der Waals surface area contributed by atoms with E-state index in [9.17, 15) is 0 Å². The van der Waals surface area contributed by atoms with Gasteiger partial charge in [0.05, 0.1) is 28.4 Å². The van der Waals surface area contributed by atoms with Gasteiger partial charge in [0.15, 0.2) is 23.0 Å². The van der Waals surface area contributed by atoms with Crippen molar-refractivity contribution in [3.05, 3.63) is 47.5 Å². The third kappa shape index (κ3) is 8.62. The molecule has 0 amide bonds. The topological polar surface area (TPSA) is 52.2 Å². The van der Waals surface area contributed by atoms with Crippen molar-refractivity contribution in [2.45, 2.75) is 38.5 Å². The number of methoxy groups -OCH3 is 4. The molecular formula is C28H46Cl2N2O4. The van der Waals surface area contributed by atoms with E-state index in [1.54, 1.807) is 28.4 Å². The summed E-state index contributed by atoms with van der Waals surface area (Å²) >= 11 is 0. The lowest BCUT2D eigenvalue weighted by Gasteiger charge is -2.39. The first kappa shape index (κ1) is 34.1. The first-order valence-electron chi connectivity index (χ1n) is 12.1. The van der Waals surface area contributed by atoms with Crippen molar-refractivity contribution in [2.75, 3.05) is 62.2 Å². The highest BCUT2D eigenvalue weighted by Gasteiger charge is 2.35. The fraction of sp³-hybridized carbons (Fsp3) is 0.571. The number of likely N-dealkylation sites (N-methyl/N-ethyl adjacent to an activating group) is 2. The molecular weight excluding hydrogens is 499 g/mol. The SMILES string of the molecule is CNCC(CCCN(C)CCc1ccc(OC)c(OC)c1)(c1ccc(OC)c(OC)c1)C(C)C.Cl.Cl. The molecule has 36 heavy (non-hydrogen) atoms. The Hall–Kier alpha value is -1.86. The molecule has 0 bridgehead atoms. The Morgan fingerprint density at radius 1 is 0.806 bits per heavy atom. The van der Waals surface area contributed by atoms with Crippen LogP contribution in [0.3, 0.4) is 0 Å². The summed E-state index contributed by atoms with van der Waals surface area (Å²) in [5.41, 5.74) is 2.56. The van der Waals surface area contributed by atoms with Gasteiger partial charge in [0.1, 0.15) is 0 Å². The van der Waals surface area contributed by atoms with Crippen molar-refractivity contribution in [3.63, 3.8) is 0 Å². The van der Waals surface area contributed by atoms with Gasteiger partial charge in [-0.05, 0) is 81.2 Å². The lowest BCUT2D eigenvalue weighted by atomic mass is 9.68. The van der Waals surface area contributed by atoms with Crippen LogP contribution in [0.15, 0.2) is 36.4 Å². The van der Waals surface area contributed by atoms with Crippen LogP contribution in [-0.4, -0.2) is 67.1 Å². The Labute approximate surface area is 230 Å². The number of ether oxygens (including phenoxy) is 4. The second-order valence-electron chi connectivity index (χ2n) is 9.26. The summed E-state index contributed by atoms with van der Waals surface area (Å²) in [6.45, 7) is 7.57. The Morgan fingerprint density at radius 2 is 1.36 bits per heavy atom. The van der Waals surface area contributed by atoms with E-state index in [4.69, 9.17) is 18.9 Å². The molecule has 0 aliphatic carbocycles. The molecule has 6 nitrogen and oxygen atoms in total. The van der Waals surface area contributed by atoms with Crippen molar-refractivity contribution in [1.82, 2.24) is 10.2 Å². The molecule has 1 unspecified atom stereocenters. The maximum Gasteiger partial charge on any atom is 0.161 e. The molecule has 0 spiro atoms. The fourth-order valence-electron chi connectivity index (χ4n) is 4.75. The second kappa shape index (κ2) is 16.8. The maximum atomic E-state index is 5.61. The van der Waals surface area contributed by atoms with E-state index in [2.05, 4.69) is 55.4 Å². The lowest BCUT2D eigenvalue weighted by Crippen LogP contribution is -2.42. The molecule has 0 fully saturated rings. The molecule has 0 radical (unpaired) electrons. The molecule has 206 valence electrons. The molecule has 1 N–H and O–H groups in total. The number of hydrogen-bond donors (Lipinski definition) is 1. The van der Waals surface area contributed by atoms with Gasteiger partial charge in [0.2, 0.25) is 0 Å². The predicted octanol–water partition coefficient (Wildman–Crippen LogP) is 5.63. The molecule has 2 aromatic carbocycles. The third-order valence-electron chi connectivity index (χ3n) is 6.95. The van der Waals surface area contributed by atoms with Gasteiger partial charge in [-0.1, -0.05) is 26.0 Å². The van der Waals surface area contributed by atoms with Gasteiger partial charge in [0, 0.05) is 18.5 Å². The van der Waals surface area contributed by atoms with Crippen LogP contribution in [-0.2, 0) is 11.8 Å². The van der Waals surface area contributed by atoms with Crippen LogP contribution in [0.2, 0.25) is 0 Å². The Kier molecular flexibility index (Phi) is 15.9. The third-order valence-corrected chi connectivity index (χ3v) is 6.95. The van der Waals surface area contributed by atoms with Gasteiger partial charge in [-0.25, -0.2) is 0 Å². The summed E-state index contributed by atoms with van der Waals surface area (Å²) < 4.78 is 21.9. The molecule has 0 heterocycles. The smallest absolute Gasteiger partial charge is 0.161 e. The Bertz CT molecular complexity index is 898. The molecule has 0 saturated carbocycles. The normalized spacial score (nSPS) is 12.4. The molecule has 1 atom stereocenters. The zero-order chi connectivity index (χ0) is 25.1. The predicted molar refractivity (Wildman–Crippen MR) is 154 cm³/mol. The fourth-order valence-corrected chi connectivity index (χ4v) is 4.75. The van der Waals surface area contributed by atoms with E-state index in [1.165, 1.54) is 11.1 Å². The van der Waals surface area contributed by atoms with Crippen LogP contribution in [0, 0.1) is 5.92 Å². The molecule has 0 aromatic heterocycles. The average Bonchev–Trinajstić information content (AvgIpc) is 2.85. The monoisotopic (exact) mass is 544 g/mol. The summed E-state index contributed by atoms with van der Waals surface area (Å²) in [5.74, 6) is 3.57. The van der Waals surface area contributed by atoms with Gasteiger partial charge in [-0.2, -0.15) is 0 Å². The van der Waals surface area contributed by atoms with E-state index in [0.717, 1.165) is 61.9 Å². The first-order valence-corrected chi connectivity index (χ1v) is 12.1. The van der Waals surface area contributed by atoms with Crippen molar-refractivity contribution < 1.29 is 18.9 Å². The minimum absolute atomic E-state index is 0. The average molecular weight is 546 g/mol. The largest absolute Gasteiger partial charge is 0.493 e. The van der Waals surface area contributed by atoms with Crippen LogP contribution < -0.4 is 24.3 Å². The Morgan fingerprint density at radius 3 is 1.89 bits per heavy atom. The van der Waals surface area contributed by atoms with E-state index < -0.39 is 0 Å². The number of halogens is 2. The maximum absolute atomic E-state index is 5.61. The van der Waals surface area contributed by atoms with Gasteiger partial charge < -0.3 is 29.2 Å². The highest BCUT2D eigenvalue weighted by molar-refractivity contribution is 5.85. The van der Waals surface area contributed by atoms with Crippen LogP contribution in [0.1, 0.15) is 37.8 Å². The van der Waals surface area contributed by atoms with Gasteiger partial charge in [0.25, 0.3) is 0 Å². The summed E-state index contributed by atoms with van der Waals surface area (Å²) in [6.07, 6.45) is 3.16. The number of nitrogens with one attached hydrogen (secondary N) is 1. The van der Waals surface area contributed by atoms with E-state index in [1.807, 2.05) is 19.2 Å². The van der Waals surface area contributed by atoms with Crippen molar-refractivity contribution >= 4 is 24.8 Å².